The lowest BCUT2D eigenvalue weighted by Gasteiger charge is -2.38. The number of ketones is 3. The Bertz CT molecular complexity index is 1670. The molecule has 13 heteroatoms. The van der Waals surface area contributed by atoms with Gasteiger partial charge in [0.05, 0.1) is 47.0 Å². The van der Waals surface area contributed by atoms with Gasteiger partial charge in [-0.1, -0.05) is 45.9 Å². The molecule has 5 bridgehead atoms. The molecule has 0 saturated heterocycles. The number of amides is 1. The highest BCUT2D eigenvalue weighted by Gasteiger charge is 2.51. The Kier molecular flexibility index (Phi) is 11.0. The summed E-state index contributed by atoms with van der Waals surface area (Å²) in [5.74, 6) is -9.03. The third kappa shape index (κ3) is 7.10. The fourth-order valence-corrected chi connectivity index (χ4v) is 6.50. The number of phenols is 1. The zero-order valence-electron chi connectivity index (χ0n) is 28.7. The number of aliphatic hydroxyl groups excluding tert-OH is 2. The summed E-state index contributed by atoms with van der Waals surface area (Å²) in [5, 5.41) is 35.8. The molecule has 1 aromatic rings. The molecular formula is C36H43NO12. The van der Waals surface area contributed by atoms with Crippen LogP contribution in [0.3, 0.4) is 0 Å². The van der Waals surface area contributed by atoms with Crippen molar-refractivity contribution in [3.05, 3.63) is 70.7 Å². The smallest absolute Gasteiger partial charge is 0.312 e. The lowest BCUT2D eigenvalue weighted by molar-refractivity contribution is -0.160. The van der Waals surface area contributed by atoms with Gasteiger partial charge in [-0.3, -0.25) is 24.0 Å². The molecule has 1 amide bonds. The van der Waals surface area contributed by atoms with Crippen molar-refractivity contribution in [1.29, 1.82) is 0 Å². The Morgan fingerprint density at radius 2 is 1.61 bits per heavy atom. The number of phenolic OH excluding ortho intramolecular Hbond substituents is 1. The summed E-state index contributed by atoms with van der Waals surface area (Å²) in [5.41, 5.74) is -1.47. The number of nitrogens with one attached hydrogen (secondary N) is 1. The lowest BCUT2D eigenvalue weighted by atomic mass is 9.78. The van der Waals surface area contributed by atoms with Gasteiger partial charge in [-0.15, -0.1) is 0 Å². The largest absolute Gasteiger partial charge is 0.507 e. The monoisotopic (exact) mass is 681 g/mol. The number of aliphatic hydroxyl groups is 2. The maximum atomic E-state index is 13.8. The molecule has 49 heavy (non-hydrogen) atoms. The van der Waals surface area contributed by atoms with Crippen molar-refractivity contribution in [3.8, 4) is 11.5 Å². The molecule has 3 heterocycles. The van der Waals surface area contributed by atoms with Crippen LogP contribution in [0.25, 0.3) is 0 Å². The summed E-state index contributed by atoms with van der Waals surface area (Å²) < 4.78 is 23.0. The Morgan fingerprint density at radius 3 is 2.24 bits per heavy atom. The molecule has 3 aliphatic heterocycles. The average Bonchev–Trinajstić information content (AvgIpc) is 3.31. The highest BCUT2D eigenvalue weighted by molar-refractivity contribution is 6.30. The van der Waals surface area contributed by atoms with Crippen LogP contribution in [0.5, 0.6) is 11.5 Å². The molecule has 0 fully saturated rings. The minimum Gasteiger partial charge on any atom is -0.507 e. The van der Waals surface area contributed by atoms with Crippen LogP contribution >= 0.6 is 0 Å². The summed E-state index contributed by atoms with van der Waals surface area (Å²) in [7, 11) is 1.42. The second-order valence-electron chi connectivity index (χ2n) is 12.9. The van der Waals surface area contributed by atoms with Crippen LogP contribution < -0.4 is 10.1 Å². The average molecular weight is 682 g/mol. The Morgan fingerprint density at radius 1 is 0.939 bits per heavy atom. The second kappa shape index (κ2) is 14.5. The van der Waals surface area contributed by atoms with Crippen molar-refractivity contribution in [2.75, 3.05) is 7.11 Å². The van der Waals surface area contributed by atoms with Gasteiger partial charge in [0.15, 0.2) is 5.78 Å². The molecule has 0 spiro atoms. The van der Waals surface area contributed by atoms with E-state index in [0.29, 0.717) is 0 Å². The number of hydrogen-bond acceptors (Lipinski definition) is 12. The molecule has 4 aliphatic rings. The quantitative estimate of drug-likeness (QED) is 0.334. The number of aromatic hydroxyl groups is 1. The number of ether oxygens (including phenoxy) is 4. The first-order valence-electron chi connectivity index (χ1n) is 16.0. The minimum atomic E-state index is -2.03. The van der Waals surface area contributed by atoms with Crippen molar-refractivity contribution in [2.24, 2.45) is 23.7 Å². The van der Waals surface area contributed by atoms with Crippen molar-refractivity contribution >= 4 is 29.2 Å². The normalized spacial score (nSPS) is 33.6. The summed E-state index contributed by atoms with van der Waals surface area (Å²) in [6.07, 6.45) is 5.26. The first-order chi connectivity index (χ1) is 22.9. The molecule has 1 aliphatic carbocycles. The SMILES string of the molecule is CO[C@H]1C=CO[C@@]2(C)Oc3c(C)c(O)c4c(c3C2=O)C(=O)C=C(NC(=O)/C=C\C=C\[C@H](C)[C@H](O)[C@@H](C)[C@@H](O)[C@@H](C)[C@H](OC(C)=O)[C@@H]1C)C4=O. The number of benzene rings is 1. The van der Waals surface area contributed by atoms with Gasteiger partial charge in [0.1, 0.15) is 17.6 Å². The molecule has 1 aromatic carbocycles. The van der Waals surface area contributed by atoms with Gasteiger partial charge in [-0.2, -0.15) is 0 Å². The summed E-state index contributed by atoms with van der Waals surface area (Å²) in [4.78, 5) is 65.6. The van der Waals surface area contributed by atoms with Crippen LogP contribution in [0, 0.1) is 30.6 Å². The lowest BCUT2D eigenvalue weighted by Crippen LogP contribution is -2.46. The van der Waals surface area contributed by atoms with Crippen molar-refractivity contribution in [1.82, 2.24) is 5.32 Å². The van der Waals surface area contributed by atoms with Crippen LogP contribution in [0.1, 0.15) is 78.2 Å². The van der Waals surface area contributed by atoms with E-state index >= 15 is 0 Å². The van der Waals surface area contributed by atoms with E-state index in [0.717, 1.165) is 18.4 Å². The molecule has 13 nitrogen and oxygen atoms in total. The zero-order chi connectivity index (χ0) is 36.5. The standard InChI is InChI=1S/C36H43NO12/c1-16-11-9-10-12-25(40)37-22-15-23(39)26-27(32(22)44)31(43)20(5)34-28(26)35(45)36(7,49-34)47-14-13-24(46-8)17(2)33(48-21(6)38)19(4)30(42)18(3)29(16)41/h9-19,24,29-30,33,41-43H,1-8H3,(H,37,40)/b11-9+,12-10-,14-13?/t16-,17+,18+,19+,24-,29-,30+,33+,36-/m0/s1. The molecule has 0 saturated carbocycles. The van der Waals surface area contributed by atoms with Crippen LogP contribution in [0.2, 0.25) is 0 Å². The highest BCUT2D eigenvalue weighted by atomic mass is 16.7. The highest BCUT2D eigenvalue weighted by Crippen LogP contribution is 2.47. The Labute approximate surface area is 284 Å². The van der Waals surface area contributed by atoms with Crippen LogP contribution in [0.15, 0.2) is 48.4 Å². The fraction of sp³-hybridized carbons (Fsp3) is 0.472. The summed E-state index contributed by atoms with van der Waals surface area (Å²) in [6, 6.07) is 0. The molecule has 264 valence electrons. The van der Waals surface area contributed by atoms with E-state index < -0.39 is 100 Å². The van der Waals surface area contributed by atoms with Crippen LogP contribution in [-0.4, -0.2) is 81.9 Å². The number of carbonyl (C=O) groups is 5. The summed E-state index contributed by atoms with van der Waals surface area (Å²) >= 11 is 0. The van der Waals surface area contributed by atoms with Crippen molar-refractivity contribution < 1.29 is 58.2 Å². The fourth-order valence-electron chi connectivity index (χ4n) is 6.50. The first kappa shape index (κ1) is 37.2. The minimum absolute atomic E-state index is 0.00776. The number of methoxy groups -OCH3 is 1. The van der Waals surface area contributed by atoms with Gasteiger partial charge in [-0.25, -0.2) is 0 Å². The van der Waals surface area contributed by atoms with Gasteiger partial charge < -0.3 is 39.6 Å². The maximum absolute atomic E-state index is 13.8. The number of rotatable bonds is 2. The van der Waals surface area contributed by atoms with Gasteiger partial charge >= 0.3 is 11.8 Å². The molecule has 9 atom stereocenters. The molecule has 5 rings (SSSR count). The van der Waals surface area contributed by atoms with E-state index in [1.807, 2.05) is 0 Å². The van der Waals surface area contributed by atoms with Gasteiger partial charge in [-0.05, 0) is 13.0 Å². The van der Waals surface area contributed by atoms with E-state index in [1.165, 1.54) is 46.1 Å². The first-order valence-corrected chi connectivity index (χ1v) is 16.0. The number of fused-ring (bicyclic) bond motifs is 14. The molecular weight excluding hydrogens is 638 g/mol. The van der Waals surface area contributed by atoms with E-state index in [4.69, 9.17) is 18.9 Å². The number of Topliss-reactive ketones (excluding diaryl/α,β-unsaturated/α-hetero) is 2. The molecule has 0 radical (unpaired) electrons. The third-order valence-corrected chi connectivity index (χ3v) is 9.47. The molecule has 0 aromatic heterocycles. The molecule has 4 N–H and O–H groups in total. The predicted octanol–water partition coefficient (Wildman–Crippen LogP) is 3.24. The number of hydrogen-bond donors (Lipinski definition) is 4. The van der Waals surface area contributed by atoms with Crippen LogP contribution in [-0.2, 0) is 23.8 Å². The van der Waals surface area contributed by atoms with E-state index in [9.17, 15) is 39.3 Å². The van der Waals surface area contributed by atoms with E-state index in [1.54, 1.807) is 33.8 Å². The summed E-state index contributed by atoms with van der Waals surface area (Å²) in [6.45, 7) is 10.8. The van der Waals surface area contributed by atoms with E-state index in [-0.39, 0.29) is 22.4 Å². The Hall–Kier alpha value is -4.59. The van der Waals surface area contributed by atoms with Crippen LogP contribution in [0.4, 0.5) is 0 Å². The Balaban J connectivity index is 1.81. The predicted molar refractivity (Wildman–Crippen MR) is 175 cm³/mol. The van der Waals surface area contributed by atoms with E-state index in [2.05, 4.69) is 5.32 Å². The van der Waals surface area contributed by atoms with Crippen molar-refractivity contribution in [3.63, 3.8) is 0 Å². The van der Waals surface area contributed by atoms with Gasteiger partial charge in [0.2, 0.25) is 11.7 Å². The number of esters is 1. The van der Waals surface area contributed by atoms with Gasteiger partial charge in [0.25, 0.3) is 5.78 Å². The third-order valence-electron chi connectivity index (χ3n) is 9.47. The second-order valence-corrected chi connectivity index (χ2v) is 12.9. The van der Waals surface area contributed by atoms with Gasteiger partial charge in [0, 0.05) is 62.3 Å². The topological polar surface area (TPSA) is 195 Å². The number of carbonyl (C=O) groups excluding carboxylic acids is 5. The maximum Gasteiger partial charge on any atom is 0.312 e. The van der Waals surface area contributed by atoms with Crippen molar-refractivity contribution in [2.45, 2.75) is 78.7 Å². The molecule has 0 unspecified atom stereocenters. The zero-order valence-corrected chi connectivity index (χ0v) is 28.7. The number of allylic oxidation sites excluding steroid dienone is 4.